The van der Waals surface area contributed by atoms with Crippen LogP contribution in [0.15, 0.2) is 42.6 Å². The van der Waals surface area contributed by atoms with Crippen LogP contribution in [0.1, 0.15) is 9.75 Å². The zero-order valence-electron chi connectivity index (χ0n) is 11.4. The predicted octanol–water partition coefficient (Wildman–Crippen LogP) is 3.94. The summed E-state index contributed by atoms with van der Waals surface area (Å²) >= 11 is 1.83. The lowest BCUT2D eigenvalue weighted by molar-refractivity contribution is 0.611. The topological polar surface area (TPSA) is 17.0 Å². The van der Waals surface area contributed by atoms with Crippen LogP contribution in [-0.2, 0) is 13.1 Å². The lowest BCUT2D eigenvalue weighted by Crippen LogP contribution is -2.18. The Morgan fingerprint density at radius 1 is 1.20 bits per heavy atom. The van der Waals surface area contributed by atoms with Gasteiger partial charge in [0.1, 0.15) is 5.82 Å². The Labute approximate surface area is 121 Å². The third-order valence-electron chi connectivity index (χ3n) is 3.36. The minimum Gasteiger partial charge on any atom is -0.346 e. The fourth-order valence-electron chi connectivity index (χ4n) is 2.36. The summed E-state index contributed by atoms with van der Waals surface area (Å²) in [5.74, 6) is -0.179. The van der Waals surface area contributed by atoms with Crippen molar-refractivity contribution in [3.63, 3.8) is 0 Å². The average molecular weight is 288 g/mol. The lowest BCUT2D eigenvalue weighted by atomic mass is 10.2. The van der Waals surface area contributed by atoms with Crippen molar-refractivity contribution >= 4 is 22.2 Å². The Balaban J connectivity index is 1.57. The Morgan fingerprint density at radius 3 is 2.90 bits per heavy atom. The number of nitrogens with one attached hydrogen (secondary N) is 1. The molecular weight excluding hydrogens is 271 g/mol. The highest BCUT2D eigenvalue weighted by atomic mass is 32.1. The predicted molar refractivity (Wildman–Crippen MR) is 82.7 cm³/mol. The molecule has 4 heteroatoms. The number of aryl methyl sites for hydroxylation is 1. The van der Waals surface area contributed by atoms with Gasteiger partial charge in [0.05, 0.1) is 0 Å². The highest BCUT2D eigenvalue weighted by Crippen LogP contribution is 2.17. The van der Waals surface area contributed by atoms with Crippen molar-refractivity contribution in [1.82, 2.24) is 9.88 Å². The van der Waals surface area contributed by atoms with Gasteiger partial charge in [0, 0.05) is 46.5 Å². The van der Waals surface area contributed by atoms with E-state index >= 15 is 0 Å². The van der Waals surface area contributed by atoms with Crippen LogP contribution in [0.3, 0.4) is 0 Å². The van der Waals surface area contributed by atoms with E-state index in [9.17, 15) is 4.39 Å². The number of halogens is 1. The van der Waals surface area contributed by atoms with Gasteiger partial charge >= 0.3 is 0 Å². The average Bonchev–Trinajstić information content (AvgIpc) is 3.01. The fourth-order valence-corrected chi connectivity index (χ4v) is 3.22. The molecule has 104 valence electrons. The highest BCUT2D eigenvalue weighted by Gasteiger charge is 2.02. The van der Waals surface area contributed by atoms with Crippen LogP contribution in [0.4, 0.5) is 4.39 Å². The van der Waals surface area contributed by atoms with Gasteiger partial charge in [-0.05, 0) is 43.3 Å². The number of benzene rings is 1. The molecule has 20 heavy (non-hydrogen) atoms. The summed E-state index contributed by atoms with van der Waals surface area (Å²) in [7, 11) is 0. The Bertz CT molecular complexity index is 714. The van der Waals surface area contributed by atoms with Crippen molar-refractivity contribution in [1.29, 1.82) is 0 Å². The number of fused-ring (bicyclic) bond motifs is 1. The van der Waals surface area contributed by atoms with Crippen molar-refractivity contribution in [2.24, 2.45) is 0 Å². The van der Waals surface area contributed by atoms with Gasteiger partial charge in [-0.2, -0.15) is 0 Å². The SMILES string of the molecule is Cc1ccc(CNCCn2ccc3cc(F)ccc32)s1. The van der Waals surface area contributed by atoms with Crippen molar-refractivity contribution in [2.75, 3.05) is 6.54 Å². The first-order valence-corrected chi connectivity index (χ1v) is 7.54. The first-order valence-electron chi connectivity index (χ1n) is 6.73. The van der Waals surface area contributed by atoms with Crippen LogP contribution < -0.4 is 5.32 Å². The maximum Gasteiger partial charge on any atom is 0.123 e. The quantitative estimate of drug-likeness (QED) is 0.704. The minimum absolute atomic E-state index is 0.179. The molecule has 0 amide bonds. The molecule has 1 N–H and O–H groups in total. The van der Waals surface area contributed by atoms with Gasteiger partial charge in [-0.1, -0.05) is 0 Å². The molecule has 0 aliphatic heterocycles. The summed E-state index contributed by atoms with van der Waals surface area (Å²) in [6.45, 7) is 4.82. The molecule has 3 rings (SSSR count). The molecule has 2 aromatic heterocycles. The number of aromatic nitrogens is 1. The lowest BCUT2D eigenvalue weighted by Gasteiger charge is -2.06. The van der Waals surface area contributed by atoms with Crippen LogP contribution in [0.25, 0.3) is 10.9 Å². The molecule has 0 saturated heterocycles. The smallest absolute Gasteiger partial charge is 0.123 e. The van der Waals surface area contributed by atoms with Gasteiger partial charge in [0.15, 0.2) is 0 Å². The minimum atomic E-state index is -0.179. The molecule has 1 aromatic carbocycles. The van der Waals surface area contributed by atoms with Gasteiger partial charge < -0.3 is 9.88 Å². The summed E-state index contributed by atoms with van der Waals surface area (Å²) in [6, 6.07) is 11.2. The van der Waals surface area contributed by atoms with Gasteiger partial charge in [0.25, 0.3) is 0 Å². The number of nitrogens with zero attached hydrogens (tertiary/aromatic N) is 1. The second kappa shape index (κ2) is 5.77. The van der Waals surface area contributed by atoms with E-state index in [4.69, 9.17) is 0 Å². The number of rotatable bonds is 5. The Morgan fingerprint density at radius 2 is 2.10 bits per heavy atom. The first-order chi connectivity index (χ1) is 9.72. The molecule has 0 atom stereocenters. The Kier molecular flexibility index (Phi) is 3.85. The molecule has 0 aliphatic carbocycles. The summed E-state index contributed by atoms with van der Waals surface area (Å²) in [6.07, 6.45) is 2.01. The molecule has 0 unspecified atom stereocenters. The maximum absolute atomic E-state index is 13.1. The van der Waals surface area contributed by atoms with Crippen molar-refractivity contribution in [3.05, 3.63) is 58.2 Å². The van der Waals surface area contributed by atoms with E-state index in [1.807, 2.05) is 29.7 Å². The molecule has 0 aliphatic rings. The van der Waals surface area contributed by atoms with Gasteiger partial charge in [-0.3, -0.25) is 0 Å². The monoisotopic (exact) mass is 288 g/mol. The second-order valence-electron chi connectivity index (χ2n) is 4.90. The number of hydrogen-bond acceptors (Lipinski definition) is 2. The van der Waals surface area contributed by atoms with Crippen LogP contribution in [0, 0.1) is 12.7 Å². The molecule has 0 spiro atoms. The third kappa shape index (κ3) is 2.92. The van der Waals surface area contributed by atoms with Crippen LogP contribution >= 0.6 is 11.3 Å². The molecule has 0 bridgehead atoms. The summed E-state index contributed by atoms with van der Waals surface area (Å²) < 4.78 is 15.3. The number of hydrogen-bond donors (Lipinski definition) is 1. The van der Waals surface area contributed by atoms with Gasteiger partial charge in [-0.15, -0.1) is 11.3 Å². The summed E-state index contributed by atoms with van der Waals surface area (Å²) in [5.41, 5.74) is 1.08. The van der Waals surface area contributed by atoms with Crippen LogP contribution in [-0.4, -0.2) is 11.1 Å². The number of thiophene rings is 1. The summed E-state index contributed by atoms with van der Waals surface area (Å²) in [4.78, 5) is 2.71. The zero-order chi connectivity index (χ0) is 13.9. The maximum atomic E-state index is 13.1. The van der Waals surface area contributed by atoms with E-state index in [0.29, 0.717) is 0 Å². The molecule has 3 aromatic rings. The van der Waals surface area contributed by atoms with E-state index in [-0.39, 0.29) is 5.82 Å². The van der Waals surface area contributed by atoms with Gasteiger partial charge in [-0.25, -0.2) is 4.39 Å². The fraction of sp³-hybridized carbons (Fsp3) is 0.250. The van der Waals surface area contributed by atoms with E-state index in [2.05, 4.69) is 28.9 Å². The van der Waals surface area contributed by atoms with Crippen molar-refractivity contribution in [3.8, 4) is 0 Å². The Hall–Kier alpha value is -1.65. The van der Waals surface area contributed by atoms with Gasteiger partial charge in [0.2, 0.25) is 0 Å². The third-order valence-corrected chi connectivity index (χ3v) is 4.36. The van der Waals surface area contributed by atoms with E-state index in [1.165, 1.54) is 15.8 Å². The largest absolute Gasteiger partial charge is 0.346 e. The molecule has 0 saturated carbocycles. The van der Waals surface area contributed by atoms with E-state index in [1.54, 1.807) is 6.07 Å². The standard InChI is InChI=1S/C16H17FN2S/c1-12-2-4-15(20-12)11-18-7-9-19-8-6-13-10-14(17)3-5-16(13)19/h2-6,8,10,18H,7,9,11H2,1H3. The molecule has 2 heterocycles. The first kappa shape index (κ1) is 13.3. The van der Waals surface area contributed by atoms with Crippen LogP contribution in [0.2, 0.25) is 0 Å². The highest BCUT2D eigenvalue weighted by molar-refractivity contribution is 7.11. The van der Waals surface area contributed by atoms with E-state index in [0.717, 1.165) is 30.5 Å². The zero-order valence-corrected chi connectivity index (χ0v) is 12.2. The molecular formula is C16H17FN2S. The second-order valence-corrected chi connectivity index (χ2v) is 6.27. The molecule has 0 radical (unpaired) electrons. The normalized spacial score (nSPS) is 11.3. The molecule has 2 nitrogen and oxygen atoms in total. The van der Waals surface area contributed by atoms with E-state index < -0.39 is 0 Å². The summed E-state index contributed by atoms with van der Waals surface area (Å²) in [5, 5.41) is 4.40. The van der Waals surface area contributed by atoms with Crippen molar-refractivity contribution < 1.29 is 4.39 Å². The van der Waals surface area contributed by atoms with Crippen LogP contribution in [0.5, 0.6) is 0 Å². The van der Waals surface area contributed by atoms with Crippen molar-refractivity contribution in [2.45, 2.75) is 20.0 Å². The molecule has 0 fully saturated rings.